The minimum Gasteiger partial charge on any atom is -0.338 e. The number of hydrogen-bond donors (Lipinski definition) is 1. The molecule has 0 aliphatic carbocycles. The molecule has 0 fully saturated rings. The van der Waals surface area contributed by atoms with Gasteiger partial charge in [-0.3, -0.25) is 30.0 Å². The number of non-ortho nitro benzene ring substituents is 1. The monoisotopic (exact) mass is 436 g/mol. The minimum atomic E-state index is -1.11. The van der Waals surface area contributed by atoms with Crippen molar-refractivity contribution in [1.29, 1.82) is 0 Å². The zero-order valence-electron chi connectivity index (χ0n) is 15.9. The van der Waals surface area contributed by atoms with Crippen LogP contribution in [-0.4, -0.2) is 26.7 Å². The molecule has 32 heavy (non-hydrogen) atoms. The Balaban J connectivity index is 1.63. The van der Waals surface area contributed by atoms with Crippen LogP contribution in [0, 0.1) is 20.2 Å². The predicted octanol–water partition coefficient (Wildman–Crippen LogP) is 4.01. The standard InChI is InChI=1S/C19H12N6O7/c26-18(12-7-9-20-10-8-12)22-21-13-1-3-14(4-2-13)23-32-19(27)16-6-5-15(24(28)29)11-17(16)25(30)31/h1-11,23H. The molecule has 1 amide bonds. The Morgan fingerprint density at radius 2 is 1.62 bits per heavy atom. The van der Waals surface area contributed by atoms with Crippen molar-refractivity contribution in [2.24, 2.45) is 10.2 Å². The number of nitrogens with one attached hydrogen (secondary N) is 1. The maximum absolute atomic E-state index is 12.2. The van der Waals surface area contributed by atoms with Crippen molar-refractivity contribution in [3.63, 3.8) is 0 Å². The lowest BCUT2D eigenvalue weighted by atomic mass is 10.1. The first kappa shape index (κ1) is 21.6. The summed E-state index contributed by atoms with van der Waals surface area (Å²) in [5.74, 6) is -1.66. The highest BCUT2D eigenvalue weighted by Crippen LogP contribution is 2.25. The first-order valence-corrected chi connectivity index (χ1v) is 8.71. The minimum absolute atomic E-state index is 0.294. The molecule has 0 saturated carbocycles. The van der Waals surface area contributed by atoms with Crippen LogP contribution in [0.15, 0.2) is 77.2 Å². The van der Waals surface area contributed by atoms with Gasteiger partial charge in [0.2, 0.25) is 0 Å². The van der Waals surface area contributed by atoms with Crippen molar-refractivity contribution in [3.05, 3.63) is 98.3 Å². The number of carbonyl (C=O) groups is 2. The van der Waals surface area contributed by atoms with Crippen molar-refractivity contribution in [3.8, 4) is 0 Å². The second-order valence-electron chi connectivity index (χ2n) is 6.00. The molecule has 3 aromatic rings. The van der Waals surface area contributed by atoms with Gasteiger partial charge in [0, 0.05) is 24.0 Å². The van der Waals surface area contributed by atoms with Gasteiger partial charge in [-0.2, -0.15) is 0 Å². The number of nitrogens with zero attached hydrogens (tertiary/aromatic N) is 5. The van der Waals surface area contributed by atoms with Crippen LogP contribution in [0.1, 0.15) is 20.7 Å². The number of nitro benzene ring substituents is 2. The molecule has 0 spiro atoms. The lowest BCUT2D eigenvalue weighted by Crippen LogP contribution is -2.12. The molecule has 0 radical (unpaired) electrons. The Hall–Kier alpha value is -5.07. The van der Waals surface area contributed by atoms with E-state index in [1.54, 1.807) is 0 Å². The number of aromatic nitrogens is 1. The number of azo groups is 1. The maximum atomic E-state index is 12.2. The van der Waals surface area contributed by atoms with Crippen molar-refractivity contribution < 1.29 is 24.3 Å². The molecule has 0 aliphatic rings. The SMILES string of the molecule is O=C(N=Nc1ccc(NOC(=O)c2ccc([N+](=O)[O-])cc2[N+](=O)[O-])cc1)c1ccncc1. The molecule has 0 aliphatic heterocycles. The second-order valence-corrected chi connectivity index (χ2v) is 6.00. The number of nitro groups is 2. The van der Waals surface area contributed by atoms with Crippen molar-refractivity contribution in [2.75, 3.05) is 5.48 Å². The lowest BCUT2D eigenvalue weighted by molar-refractivity contribution is -0.394. The zero-order chi connectivity index (χ0) is 23.1. The number of benzene rings is 2. The van der Waals surface area contributed by atoms with Gasteiger partial charge in [-0.1, -0.05) is 0 Å². The van der Waals surface area contributed by atoms with Crippen LogP contribution in [0.4, 0.5) is 22.7 Å². The second kappa shape index (κ2) is 9.62. The van der Waals surface area contributed by atoms with Gasteiger partial charge in [0.1, 0.15) is 5.56 Å². The molecule has 1 N–H and O–H groups in total. The van der Waals surface area contributed by atoms with Gasteiger partial charge in [-0.15, -0.1) is 10.2 Å². The lowest BCUT2D eigenvalue weighted by Gasteiger charge is -2.07. The van der Waals surface area contributed by atoms with E-state index in [-0.39, 0.29) is 0 Å². The molecule has 160 valence electrons. The number of rotatable bonds is 7. The zero-order valence-corrected chi connectivity index (χ0v) is 15.9. The van der Waals surface area contributed by atoms with E-state index in [0.29, 0.717) is 23.0 Å². The van der Waals surface area contributed by atoms with Crippen molar-refractivity contribution in [2.45, 2.75) is 0 Å². The third-order valence-electron chi connectivity index (χ3n) is 3.92. The first-order valence-electron chi connectivity index (χ1n) is 8.71. The maximum Gasteiger partial charge on any atom is 0.369 e. The predicted molar refractivity (Wildman–Crippen MR) is 108 cm³/mol. The van der Waals surface area contributed by atoms with Crippen molar-refractivity contribution in [1.82, 2.24) is 4.98 Å². The van der Waals surface area contributed by atoms with Gasteiger partial charge < -0.3 is 4.84 Å². The average Bonchev–Trinajstić information content (AvgIpc) is 2.81. The van der Waals surface area contributed by atoms with Crippen LogP contribution in [0.2, 0.25) is 0 Å². The number of hydrogen-bond acceptors (Lipinski definition) is 10. The third kappa shape index (κ3) is 5.29. The van der Waals surface area contributed by atoms with E-state index in [2.05, 4.69) is 20.7 Å². The molecule has 13 heteroatoms. The molecule has 0 unspecified atom stereocenters. The summed E-state index contributed by atoms with van der Waals surface area (Å²) in [4.78, 5) is 52.8. The smallest absolute Gasteiger partial charge is 0.338 e. The average molecular weight is 436 g/mol. The topological polar surface area (TPSA) is 179 Å². The van der Waals surface area contributed by atoms with E-state index in [1.807, 2.05) is 0 Å². The summed E-state index contributed by atoms with van der Waals surface area (Å²) in [5, 5.41) is 29.3. The van der Waals surface area contributed by atoms with Crippen LogP contribution in [0.5, 0.6) is 0 Å². The number of anilines is 1. The fourth-order valence-electron chi connectivity index (χ4n) is 2.37. The summed E-state index contributed by atoms with van der Waals surface area (Å²) in [7, 11) is 0. The van der Waals surface area contributed by atoms with E-state index in [9.17, 15) is 29.8 Å². The summed E-state index contributed by atoms with van der Waals surface area (Å²) in [5.41, 5.74) is 1.52. The molecule has 3 rings (SSSR count). The van der Waals surface area contributed by atoms with Gasteiger partial charge in [0.25, 0.3) is 17.3 Å². The highest BCUT2D eigenvalue weighted by atomic mass is 16.7. The fourth-order valence-corrected chi connectivity index (χ4v) is 2.37. The fraction of sp³-hybridized carbons (Fsp3) is 0. The summed E-state index contributed by atoms with van der Waals surface area (Å²) in [6.45, 7) is 0. The molecular weight excluding hydrogens is 424 g/mol. The number of pyridine rings is 1. The van der Waals surface area contributed by atoms with Crippen LogP contribution < -0.4 is 5.48 Å². The van der Waals surface area contributed by atoms with Gasteiger partial charge in [0.05, 0.1) is 27.3 Å². The summed E-state index contributed by atoms with van der Waals surface area (Å²) >= 11 is 0. The van der Waals surface area contributed by atoms with E-state index in [1.165, 1.54) is 48.8 Å². The quantitative estimate of drug-likeness (QED) is 0.325. The molecule has 1 heterocycles. The van der Waals surface area contributed by atoms with Gasteiger partial charge in [0.15, 0.2) is 0 Å². The van der Waals surface area contributed by atoms with E-state index in [0.717, 1.165) is 12.1 Å². The highest BCUT2D eigenvalue weighted by molar-refractivity contribution is 5.95. The van der Waals surface area contributed by atoms with Crippen LogP contribution in [0.3, 0.4) is 0 Å². The molecular formula is C19H12N6O7. The molecule has 1 aromatic heterocycles. The van der Waals surface area contributed by atoms with Crippen LogP contribution in [0.25, 0.3) is 0 Å². The van der Waals surface area contributed by atoms with Gasteiger partial charge in [-0.25, -0.2) is 10.3 Å². The Labute approximate surface area is 178 Å². The number of amides is 1. The van der Waals surface area contributed by atoms with E-state index < -0.39 is 38.7 Å². The Morgan fingerprint density at radius 3 is 2.25 bits per heavy atom. The van der Waals surface area contributed by atoms with Crippen LogP contribution >= 0.6 is 0 Å². The van der Waals surface area contributed by atoms with Crippen molar-refractivity contribution >= 4 is 34.6 Å². The highest BCUT2D eigenvalue weighted by Gasteiger charge is 2.25. The summed E-state index contributed by atoms with van der Waals surface area (Å²) in [6, 6.07) is 11.4. The Kier molecular flexibility index (Phi) is 6.50. The Morgan fingerprint density at radius 1 is 0.938 bits per heavy atom. The summed E-state index contributed by atoms with van der Waals surface area (Å²) in [6.07, 6.45) is 2.91. The Bertz CT molecular complexity index is 1210. The molecule has 0 saturated heterocycles. The third-order valence-corrected chi connectivity index (χ3v) is 3.92. The molecule has 13 nitrogen and oxygen atoms in total. The summed E-state index contributed by atoms with van der Waals surface area (Å²) < 4.78 is 0. The molecule has 0 atom stereocenters. The van der Waals surface area contributed by atoms with E-state index in [4.69, 9.17) is 4.84 Å². The van der Waals surface area contributed by atoms with Crippen LogP contribution in [-0.2, 0) is 4.84 Å². The van der Waals surface area contributed by atoms with E-state index >= 15 is 0 Å². The van der Waals surface area contributed by atoms with Gasteiger partial charge >= 0.3 is 5.97 Å². The number of carbonyl (C=O) groups excluding carboxylic acids is 2. The largest absolute Gasteiger partial charge is 0.369 e. The molecule has 0 bridgehead atoms. The van der Waals surface area contributed by atoms with Gasteiger partial charge in [-0.05, 0) is 42.5 Å². The molecule has 2 aromatic carbocycles. The first-order chi connectivity index (χ1) is 15.3. The normalized spacial score (nSPS) is 10.5.